The zero-order chi connectivity index (χ0) is 27.6. The van der Waals surface area contributed by atoms with Crippen LogP contribution in [0.15, 0.2) is 41.6 Å². The molecule has 7 nitrogen and oxygen atoms in total. The Bertz CT molecular complexity index is 1580. The smallest absolute Gasteiger partial charge is 0.458 e. The summed E-state index contributed by atoms with van der Waals surface area (Å²) in [6.07, 6.45) is -3.71. The van der Waals surface area contributed by atoms with E-state index < -0.39 is 34.3 Å². The fourth-order valence-electron chi connectivity index (χ4n) is 4.44. The number of benzene rings is 1. The number of halogens is 5. The summed E-state index contributed by atoms with van der Waals surface area (Å²) in [4.78, 5) is 12.8. The topological polar surface area (TPSA) is 95.4 Å². The molecular formula is C25H21F5N6OS. The zero-order valence-electron chi connectivity index (χ0n) is 20.5. The molecule has 0 bridgehead atoms. The van der Waals surface area contributed by atoms with Gasteiger partial charge >= 0.3 is 12.1 Å². The third-order valence-corrected chi connectivity index (χ3v) is 8.24. The minimum Gasteiger partial charge on any atom is -0.610 e. The van der Waals surface area contributed by atoms with Crippen LogP contribution in [0.5, 0.6) is 0 Å². The molecular weight excluding hydrogens is 527 g/mol. The zero-order valence-corrected chi connectivity index (χ0v) is 21.3. The Hall–Kier alpha value is -3.50. The van der Waals surface area contributed by atoms with Crippen molar-refractivity contribution in [3.05, 3.63) is 47.7 Å². The molecule has 1 aromatic carbocycles. The number of hydrogen-bond acceptors (Lipinski definition) is 5. The van der Waals surface area contributed by atoms with Gasteiger partial charge in [-0.25, -0.2) is 15.0 Å². The Balaban J connectivity index is 1.63. The van der Waals surface area contributed by atoms with E-state index >= 15 is 0 Å². The second kappa shape index (κ2) is 8.78. The van der Waals surface area contributed by atoms with Gasteiger partial charge in [0.2, 0.25) is 0 Å². The Morgan fingerprint density at radius 2 is 1.71 bits per heavy atom. The third kappa shape index (κ3) is 3.94. The van der Waals surface area contributed by atoms with Gasteiger partial charge in [-0.2, -0.15) is 27.2 Å². The van der Waals surface area contributed by atoms with Crippen molar-refractivity contribution in [2.24, 2.45) is 14.1 Å². The molecule has 1 atom stereocenters. The number of nitrogens with zero attached hydrogens (tertiary/aromatic N) is 6. The van der Waals surface area contributed by atoms with Crippen LogP contribution in [0.2, 0.25) is 0 Å². The lowest BCUT2D eigenvalue weighted by Crippen LogP contribution is -2.33. The molecule has 13 heteroatoms. The van der Waals surface area contributed by atoms with E-state index in [4.69, 9.17) is 0 Å². The standard InChI is InChI=1S/C25H21F5N6OS/c1-4-38(37)22-18(34-19(36(22)3)14-5-7-15(8-6-14)23(13-31)9-10-23)21-33-17-11-16(12-32-20(17)35(21)2)24(26,27)25(28,29)30/h5-8,11-12H,4,9-10H2,1-3H3. The molecule has 0 N–H and O–H groups in total. The van der Waals surface area contributed by atoms with Gasteiger partial charge < -0.3 is 9.12 Å². The molecule has 3 heterocycles. The van der Waals surface area contributed by atoms with E-state index in [1.807, 2.05) is 24.3 Å². The van der Waals surface area contributed by atoms with E-state index in [1.165, 1.54) is 11.6 Å². The van der Waals surface area contributed by atoms with E-state index in [1.54, 1.807) is 18.5 Å². The minimum absolute atomic E-state index is 0.0674. The average Bonchev–Trinajstić information content (AvgIpc) is 3.53. The van der Waals surface area contributed by atoms with Crippen molar-refractivity contribution >= 4 is 22.3 Å². The molecule has 0 spiro atoms. The number of hydrogen-bond donors (Lipinski definition) is 0. The maximum atomic E-state index is 13.9. The lowest BCUT2D eigenvalue weighted by molar-refractivity contribution is -0.289. The maximum absolute atomic E-state index is 13.9. The normalized spacial score (nSPS) is 16.0. The van der Waals surface area contributed by atoms with Crippen LogP contribution < -0.4 is 0 Å². The number of aromatic nitrogens is 5. The highest BCUT2D eigenvalue weighted by Crippen LogP contribution is 2.48. The van der Waals surface area contributed by atoms with Crippen molar-refractivity contribution in [1.82, 2.24) is 24.1 Å². The maximum Gasteiger partial charge on any atom is 0.458 e. The van der Waals surface area contributed by atoms with E-state index in [0.29, 0.717) is 28.7 Å². The van der Waals surface area contributed by atoms with Crippen molar-refractivity contribution in [3.63, 3.8) is 0 Å². The Morgan fingerprint density at radius 1 is 1.05 bits per heavy atom. The lowest BCUT2D eigenvalue weighted by Gasteiger charge is -2.19. The molecule has 1 fully saturated rings. The first-order valence-electron chi connectivity index (χ1n) is 11.6. The molecule has 1 aliphatic carbocycles. The molecule has 38 heavy (non-hydrogen) atoms. The number of pyridine rings is 1. The van der Waals surface area contributed by atoms with Crippen LogP contribution in [0, 0.1) is 11.3 Å². The summed E-state index contributed by atoms with van der Waals surface area (Å²) >= 11 is -1.52. The van der Waals surface area contributed by atoms with E-state index in [2.05, 4.69) is 21.0 Å². The predicted molar refractivity (Wildman–Crippen MR) is 130 cm³/mol. The predicted octanol–water partition coefficient (Wildman–Crippen LogP) is 5.37. The van der Waals surface area contributed by atoms with Crippen LogP contribution in [-0.2, 0) is 36.6 Å². The van der Waals surface area contributed by atoms with Crippen LogP contribution in [0.4, 0.5) is 22.0 Å². The average molecular weight is 549 g/mol. The summed E-state index contributed by atoms with van der Waals surface area (Å²) in [5, 5.41) is 9.79. The van der Waals surface area contributed by atoms with Gasteiger partial charge in [0.25, 0.3) is 5.03 Å². The Morgan fingerprint density at radius 3 is 2.26 bits per heavy atom. The molecule has 4 aromatic rings. The van der Waals surface area contributed by atoms with Gasteiger partial charge in [-0.15, -0.1) is 0 Å². The number of imidazole rings is 2. The van der Waals surface area contributed by atoms with Crippen molar-refractivity contribution in [2.45, 2.75) is 42.3 Å². The van der Waals surface area contributed by atoms with Crippen molar-refractivity contribution in [1.29, 1.82) is 5.26 Å². The highest BCUT2D eigenvalue weighted by atomic mass is 32.2. The molecule has 0 saturated heterocycles. The summed E-state index contributed by atoms with van der Waals surface area (Å²) in [5.74, 6) is -4.28. The molecule has 3 aromatic heterocycles. The summed E-state index contributed by atoms with van der Waals surface area (Å²) in [6, 6.07) is 10.4. The number of aryl methyl sites for hydroxylation is 1. The first-order chi connectivity index (χ1) is 17.8. The molecule has 5 rings (SSSR count). The summed E-state index contributed by atoms with van der Waals surface area (Å²) in [7, 11) is 3.21. The van der Waals surface area contributed by atoms with E-state index in [0.717, 1.165) is 18.4 Å². The summed E-state index contributed by atoms with van der Waals surface area (Å²) in [5.41, 5.74) is -0.0999. The molecule has 0 radical (unpaired) electrons. The van der Waals surface area contributed by atoms with Crippen molar-refractivity contribution < 1.29 is 26.5 Å². The van der Waals surface area contributed by atoms with Gasteiger partial charge in [-0.1, -0.05) is 24.3 Å². The third-order valence-electron chi connectivity index (χ3n) is 6.82. The highest BCUT2D eigenvalue weighted by molar-refractivity contribution is 7.91. The SMILES string of the molecule is CC[S+]([O-])c1c(-c2nc3cc(C(F)(F)C(F)(F)F)cnc3n2C)nc(-c2ccc(C3(C#N)CC3)cc2)n1C. The monoisotopic (exact) mass is 548 g/mol. The number of nitriles is 1. The van der Waals surface area contributed by atoms with E-state index in [-0.39, 0.29) is 28.4 Å². The molecule has 1 saturated carbocycles. The van der Waals surface area contributed by atoms with Gasteiger partial charge in [-0.3, -0.25) is 4.57 Å². The fraction of sp³-hybridized carbons (Fsp3) is 0.360. The van der Waals surface area contributed by atoms with Gasteiger partial charge in [0.15, 0.2) is 17.2 Å². The lowest BCUT2D eigenvalue weighted by atomic mass is 9.96. The Labute approximate surface area is 217 Å². The minimum atomic E-state index is -5.79. The molecule has 0 amide bonds. The molecule has 0 aliphatic heterocycles. The first-order valence-corrected chi connectivity index (χ1v) is 12.9. The van der Waals surface area contributed by atoms with Crippen molar-refractivity contribution in [3.8, 4) is 29.0 Å². The van der Waals surface area contributed by atoms with E-state index in [9.17, 15) is 31.8 Å². The Kier molecular flexibility index (Phi) is 6.03. The van der Waals surface area contributed by atoms with Crippen LogP contribution in [0.1, 0.15) is 30.9 Å². The molecule has 1 aliphatic rings. The quantitative estimate of drug-likeness (QED) is 0.238. The van der Waals surface area contributed by atoms with Gasteiger partial charge in [-0.05, 0) is 31.4 Å². The largest absolute Gasteiger partial charge is 0.610 e. The van der Waals surface area contributed by atoms with Crippen LogP contribution in [0.25, 0.3) is 34.1 Å². The summed E-state index contributed by atoms with van der Waals surface area (Å²) < 4.78 is 82.7. The number of fused-ring (bicyclic) bond motifs is 1. The second-order valence-electron chi connectivity index (χ2n) is 9.19. The van der Waals surface area contributed by atoms with Crippen LogP contribution >= 0.6 is 0 Å². The van der Waals surface area contributed by atoms with Crippen LogP contribution in [0.3, 0.4) is 0 Å². The van der Waals surface area contributed by atoms with Gasteiger partial charge in [0.05, 0.1) is 17.0 Å². The van der Waals surface area contributed by atoms with Crippen molar-refractivity contribution in [2.75, 3.05) is 5.75 Å². The first kappa shape index (κ1) is 26.1. The molecule has 198 valence electrons. The number of rotatable bonds is 6. The second-order valence-corrected chi connectivity index (χ2v) is 10.8. The van der Waals surface area contributed by atoms with Gasteiger partial charge in [0, 0.05) is 37.0 Å². The highest BCUT2D eigenvalue weighted by Gasteiger charge is 2.59. The summed E-state index contributed by atoms with van der Waals surface area (Å²) in [6.45, 7) is 1.72. The molecule has 1 unspecified atom stereocenters. The van der Waals surface area contributed by atoms with Crippen LogP contribution in [-0.4, -0.2) is 40.6 Å². The van der Waals surface area contributed by atoms with Gasteiger partial charge in [0.1, 0.15) is 17.1 Å². The fourth-order valence-corrected chi connectivity index (χ4v) is 5.45. The number of alkyl halides is 5.